The van der Waals surface area contributed by atoms with Gasteiger partial charge in [0, 0.05) is 4.47 Å². The Bertz CT molecular complexity index is 782. The summed E-state index contributed by atoms with van der Waals surface area (Å²) in [7, 11) is 0. The molecule has 0 spiro atoms. The van der Waals surface area contributed by atoms with Crippen LogP contribution in [0, 0.1) is 11.6 Å². The molecule has 0 unspecified atom stereocenters. The number of thiophene rings is 1. The zero-order chi connectivity index (χ0) is 14.3. The van der Waals surface area contributed by atoms with E-state index in [0.29, 0.717) is 14.7 Å². The number of fused-ring (bicyclic) bond motifs is 1. The predicted octanol–water partition coefficient (Wildman–Crippen LogP) is 4.06. The van der Waals surface area contributed by atoms with Crippen molar-refractivity contribution in [2.45, 2.75) is 0 Å². The lowest BCUT2D eigenvalue weighted by Gasteiger charge is -2.10. The van der Waals surface area contributed by atoms with Crippen molar-refractivity contribution in [1.29, 1.82) is 0 Å². The Morgan fingerprint density at radius 2 is 1.90 bits per heavy atom. The number of nitrogen functional groups attached to an aromatic ring is 1. The molecule has 0 atom stereocenters. The summed E-state index contributed by atoms with van der Waals surface area (Å²) < 4.78 is 28.0. The highest BCUT2D eigenvalue weighted by Crippen LogP contribution is 2.31. The van der Waals surface area contributed by atoms with Crippen LogP contribution in [-0.2, 0) is 0 Å². The molecular weight excluding hydrogens is 350 g/mol. The average Bonchev–Trinajstić information content (AvgIpc) is 2.81. The van der Waals surface area contributed by atoms with E-state index in [-0.39, 0.29) is 17.5 Å². The van der Waals surface area contributed by atoms with Crippen LogP contribution in [0.25, 0.3) is 10.2 Å². The van der Waals surface area contributed by atoms with E-state index in [1.54, 1.807) is 11.4 Å². The molecule has 0 bridgehead atoms. The first-order chi connectivity index (χ1) is 9.54. The Morgan fingerprint density at radius 1 is 1.20 bits per heavy atom. The molecule has 0 fully saturated rings. The maximum Gasteiger partial charge on any atom is 0.223 e. The second-order valence-electron chi connectivity index (χ2n) is 3.94. The van der Waals surface area contributed by atoms with Crippen LogP contribution in [0.5, 0.6) is 0 Å². The van der Waals surface area contributed by atoms with Gasteiger partial charge in [-0.2, -0.15) is 4.98 Å². The Hall–Kier alpha value is -1.80. The number of benzene rings is 1. The number of rotatable bonds is 2. The van der Waals surface area contributed by atoms with E-state index in [1.165, 1.54) is 23.5 Å². The van der Waals surface area contributed by atoms with Crippen molar-refractivity contribution in [3.63, 3.8) is 0 Å². The second kappa shape index (κ2) is 4.95. The molecule has 3 aromatic rings. The molecular formula is C12H7BrF2N4S. The van der Waals surface area contributed by atoms with Gasteiger partial charge in [-0.1, -0.05) is 15.9 Å². The van der Waals surface area contributed by atoms with Crippen LogP contribution < -0.4 is 11.1 Å². The van der Waals surface area contributed by atoms with Crippen molar-refractivity contribution in [2.75, 3.05) is 11.1 Å². The van der Waals surface area contributed by atoms with E-state index < -0.39 is 11.6 Å². The Kier molecular flexibility index (Phi) is 3.27. The average molecular weight is 357 g/mol. The van der Waals surface area contributed by atoms with Gasteiger partial charge in [-0.25, -0.2) is 13.8 Å². The monoisotopic (exact) mass is 356 g/mol. The third kappa shape index (κ3) is 2.32. The van der Waals surface area contributed by atoms with E-state index in [2.05, 4.69) is 31.2 Å². The standard InChI is InChI=1S/C12H7BrF2N4S/c13-5-3-7(14)9(8(15)4-5)17-10-6-1-2-20-11(6)19-12(16)18-10/h1-4H,(H3,16,17,18,19). The van der Waals surface area contributed by atoms with Gasteiger partial charge in [0.25, 0.3) is 0 Å². The maximum atomic E-state index is 13.8. The number of anilines is 3. The van der Waals surface area contributed by atoms with Crippen LogP contribution in [0.1, 0.15) is 0 Å². The van der Waals surface area contributed by atoms with Crippen molar-refractivity contribution in [3.8, 4) is 0 Å². The van der Waals surface area contributed by atoms with Gasteiger partial charge in [0.2, 0.25) is 5.95 Å². The third-order valence-electron chi connectivity index (χ3n) is 2.59. The van der Waals surface area contributed by atoms with Gasteiger partial charge in [-0.05, 0) is 23.6 Å². The first kappa shape index (κ1) is 13.2. The highest BCUT2D eigenvalue weighted by atomic mass is 79.9. The first-order valence-electron chi connectivity index (χ1n) is 5.47. The summed E-state index contributed by atoms with van der Waals surface area (Å²) in [5, 5.41) is 5.10. The Labute approximate surface area is 124 Å². The van der Waals surface area contributed by atoms with Gasteiger partial charge in [0.05, 0.1) is 5.39 Å². The van der Waals surface area contributed by atoms with Gasteiger partial charge >= 0.3 is 0 Å². The minimum absolute atomic E-state index is 0.0420. The first-order valence-corrected chi connectivity index (χ1v) is 7.14. The number of nitrogens with two attached hydrogens (primary N) is 1. The summed E-state index contributed by atoms with van der Waals surface area (Å²) in [6.45, 7) is 0. The molecule has 3 rings (SSSR count). The SMILES string of the molecule is Nc1nc(Nc2c(F)cc(Br)cc2F)c2ccsc2n1. The molecule has 0 saturated carbocycles. The fourth-order valence-corrected chi connectivity index (χ4v) is 2.92. The van der Waals surface area contributed by atoms with Gasteiger partial charge in [-0.3, -0.25) is 0 Å². The largest absolute Gasteiger partial charge is 0.368 e. The molecule has 1 aromatic carbocycles. The molecule has 0 amide bonds. The molecule has 8 heteroatoms. The molecule has 2 aromatic heterocycles. The Morgan fingerprint density at radius 3 is 2.60 bits per heavy atom. The topological polar surface area (TPSA) is 63.8 Å². The van der Waals surface area contributed by atoms with E-state index in [1.807, 2.05) is 0 Å². The van der Waals surface area contributed by atoms with E-state index in [9.17, 15) is 8.78 Å². The maximum absolute atomic E-state index is 13.8. The lowest BCUT2D eigenvalue weighted by Crippen LogP contribution is -2.03. The number of nitrogens with zero attached hydrogens (tertiary/aromatic N) is 2. The summed E-state index contributed by atoms with van der Waals surface area (Å²) in [6.07, 6.45) is 0. The van der Waals surface area contributed by atoms with Gasteiger partial charge in [0.1, 0.15) is 16.3 Å². The lowest BCUT2D eigenvalue weighted by molar-refractivity contribution is 0.589. The normalized spacial score (nSPS) is 10.9. The third-order valence-corrected chi connectivity index (χ3v) is 3.86. The van der Waals surface area contributed by atoms with Crippen LogP contribution in [0.15, 0.2) is 28.1 Å². The van der Waals surface area contributed by atoms with Gasteiger partial charge < -0.3 is 11.1 Å². The van der Waals surface area contributed by atoms with Crippen molar-refractivity contribution < 1.29 is 8.78 Å². The molecule has 4 nitrogen and oxygen atoms in total. The summed E-state index contributed by atoms with van der Waals surface area (Å²) in [5.74, 6) is -1.14. The van der Waals surface area contributed by atoms with Gasteiger partial charge in [0.15, 0.2) is 11.6 Å². The smallest absolute Gasteiger partial charge is 0.223 e. The van der Waals surface area contributed by atoms with Crippen molar-refractivity contribution in [2.24, 2.45) is 0 Å². The van der Waals surface area contributed by atoms with Crippen LogP contribution >= 0.6 is 27.3 Å². The fraction of sp³-hybridized carbons (Fsp3) is 0. The minimum Gasteiger partial charge on any atom is -0.368 e. The molecule has 20 heavy (non-hydrogen) atoms. The summed E-state index contributed by atoms with van der Waals surface area (Å²) >= 11 is 4.40. The van der Waals surface area contributed by atoms with E-state index in [0.717, 1.165) is 0 Å². The van der Waals surface area contributed by atoms with Crippen LogP contribution in [0.2, 0.25) is 0 Å². The zero-order valence-electron chi connectivity index (χ0n) is 9.82. The molecule has 102 valence electrons. The number of aromatic nitrogens is 2. The van der Waals surface area contributed by atoms with E-state index in [4.69, 9.17) is 5.73 Å². The molecule has 3 N–H and O–H groups in total. The van der Waals surface area contributed by atoms with Crippen molar-refractivity contribution in [1.82, 2.24) is 9.97 Å². The number of halogens is 3. The molecule has 0 aliphatic heterocycles. The molecule has 0 saturated heterocycles. The summed E-state index contributed by atoms with van der Waals surface area (Å²) in [6, 6.07) is 4.10. The van der Waals surface area contributed by atoms with Crippen LogP contribution in [0.3, 0.4) is 0 Å². The second-order valence-corrected chi connectivity index (χ2v) is 5.75. The zero-order valence-corrected chi connectivity index (χ0v) is 12.2. The number of hydrogen-bond acceptors (Lipinski definition) is 5. The summed E-state index contributed by atoms with van der Waals surface area (Å²) in [4.78, 5) is 8.69. The Balaban J connectivity index is 2.12. The molecule has 0 radical (unpaired) electrons. The summed E-state index contributed by atoms with van der Waals surface area (Å²) in [5.41, 5.74) is 5.31. The predicted molar refractivity (Wildman–Crippen MR) is 79.2 cm³/mol. The van der Waals surface area contributed by atoms with Crippen LogP contribution in [-0.4, -0.2) is 9.97 Å². The fourth-order valence-electron chi connectivity index (χ4n) is 1.75. The highest BCUT2D eigenvalue weighted by molar-refractivity contribution is 9.10. The van der Waals surface area contributed by atoms with Gasteiger partial charge in [-0.15, -0.1) is 11.3 Å². The quantitative estimate of drug-likeness (QED) is 0.726. The van der Waals surface area contributed by atoms with Crippen LogP contribution in [0.4, 0.5) is 26.2 Å². The lowest BCUT2D eigenvalue weighted by atomic mass is 10.2. The molecule has 0 aliphatic carbocycles. The van der Waals surface area contributed by atoms with Crippen molar-refractivity contribution in [3.05, 3.63) is 39.7 Å². The number of nitrogens with one attached hydrogen (secondary N) is 1. The van der Waals surface area contributed by atoms with Crippen molar-refractivity contribution >= 4 is 54.9 Å². The molecule has 2 heterocycles. The number of hydrogen-bond donors (Lipinski definition) is 2. The minimum atomic E-state index is -0.725. The van der Waals surface area contributed by atoms with E-state index >= 15 is 0 Å². The molecule has 0 aliphatic rings. The highest BCUT2D eigenvalue weighted by Gasteiger charge is 2.14.